The lowest BCUT2D eigenvalue weighted by molar-refractivity contribution is 0.141. The molecule has 0 radical (unpaired) electrons. The molecule has 1 aromatic carbocycles. The van der Waals surface area contributed by atoms with E-state index in [0.717, 1.165) is 11.3 Å². The first-order valence-corrected chi connectivity index (χ1v) is 4.73. The second kappa shape index (κ2) is 3.33. The highest BCUT2D eigenvalue weighted by atomic mass is 16.7. The van der Waals surface area contributed by atoms with Gasteiger partial charge >= 0.3 is 0 Å². The van der Waals surface area contributed by atoms with Crippen LogP contribution in [-0.2, 0) is 11.4 Å². The molecule has 74 valence electrons. The minimum absolute atomic E-state index is 0.572. The average Bonchev–Trinajstić information content (AvgIpc) is 2.74. The molecule has 2 heterocycles. The van der Waals surface area contributed by atoms with Gasteiger partial charge in [-0.2, -0.15) is 5.06 Å². The van der Waals surface area contributed by atoms with Crippen molar-refractivity contribution in [1.29, 1.82) is 0 Å². The van der Waals surface area contributed by atoms with Crippen LogP contribution in [0.25, 0.3) is 0 Å². The average molecular weight is 199 g/mol. The highest BCUT2D eigenvalue weighted by molar-refractivity contribution is 5.61. The van der Waals surface area contributed by atoms with Gasteiger partial charge in [0.05, 0.1) is 5.69 Å². The van der Waals surface area contributed by atoms with Gasteiger partial charge in [0.2, 0.25) is 0 Å². The van der Waals surface area contributed by atoms with Crippen molar-refractivity contribution in [1.82, 2.24) is 9.97 Å². The Morgan fingerprint density at radius 1 is 1.07 bits per heavy atom. The zero-order valence-electron chi connectivity index (χ0n) is 8.00. The third kappa shape index (κ3) is 1.35. The fraction of sp³-hybridized carbons (Fsp3) is 0.0909. The lowest BCUT2D eigenvalue weighted by atomic mass is 10.2. The number of nitrogens with zero attached hydrogens (tertiary/aromatic N) is 3. The van der Waals surface area contributed by atoms with Gasteiger partial charge in [-0.3, -0.25) is 4.84 Å². The fourth-order valence-electron chi connectivity index (χ4n) is 1.60. The van der Waals surface area contributed by atoms with Crippen LogP contribution in [0.4, 0.5) is 11.6 Å². The number of anilines is 2. The Labute approximate surface area is 87.1 Å². The summed E-state index contributed by atoms with van der Waals surface area (Å²) in [5.41, 5.74) is 2.17. The maximum absolute atomic E-state index is 5.52. The number of aromatic nitrogens is 2. The number of rotatable bonds is 1. The molecule has 3 rings (SSSR count). The molecule has 15 heavy (non-hydrogen) atoms. The fourth-order valence-corrected chi connectivity index (χ4v) is 1.60. The summed E-state index contributed by atoms with van der Waals surface area (Å²) in [7, 11) is 0. The molecule has 0 fully saturated rings. The number of benzene rings is 1. The summed E-state index contributed by atoms with van der Waals surface area (Å²) in [6.45, 7) is 0.578. The normalized spacial score (nSPS) is 14.0. The van der Waals surface area contributed by atoms with Gasteiger partial charge < -0.3 is 0 Å². The van der Waals surface area contributed by atoms with Gasteiger partial charge in [-0.1, -0.05) is 18.2 Å². The Morgan fingerprint density at radius 2 is 1.87 bits per heavy atom. The van der Waals surface area contributed by atoms with Crippen molar-refractivity contribution in [2.45, 2.75) is 6.61 Å². The topological polar surface area (TPSA) is 38.2 Å². The molecular weight excluding hydrogens is 190 g/mol. The van der Waals surface area contributed by atoms with Crippen LogP contribution in [0.1, 0.15) is 5.56 Å². The predicted octanol–water partition coefficient (Wildman–Crippen LogP) is 2.06. The number of hydrogen-bond acceptors (Lipinski definition) is 4. The maximum atomic E-state index is 5.52. The third-order valence-electron chi connectivity index (χ3n) is 2.29. The molecule has 0 saturated carbocycles. The summed E-state index contributed by atoms with van der Waals surface area (Å²) in [4.78, 5) is 13.8. The van der Waals surface area contributed by atoms with Crippen LogP contribution < -0.4 is 5.06 Å². The van der Waals surface area contributed by atoms with Crippen molar-refractivity contribution in [3.63, 3.8) is 0 Å². The molecule has 0 aliphatic carbocycles. The van der Waals surface area contributed by atoms with Gasteiger partial charge in [-0.15, -0.1) is 0 Å². The SMILES string of the molecule is c1cnc(N2OCc3ccccc32)nc1. The Kier molecular flexibility index (Phi) is 1.86. The van der Waals surface area contributed by atoms with Crippen LogP contribution in [0.3, 0.4) is 0 Å². The smallest absolute Gasteiger partial charge is 0.254 e. The van der Waals surface area contributed by atoms with Crippen molar-refractivity contribution in [3.05, 3.63) is 48.3 Å². The molecule has 2 aromatic rings. The monoisotopic (exact) mass is 199 g/mol. The van der Waals surface area contributed by atoms with Crippen molar-refractivity contribution < 1.29 is 4.84 Å². The zero-order chi connectivity index (χ0) is 10.1. The maximum Gasteiger partial charge on any atom is 0.254 e. The van der Waals surface area contributed by atoms with Crippen LogP contribution in [0.2, 0.25) is 0 Å². The van der Waals surface area contributed by atoms with E-state index in [1.807, 2.05) is 24.3 Å². The molecular formula is C11H9N3O. The van der Waals surface area contributed by atoms with Gasteiger partial charge in [0, 0.05) is 18.0 Å². The first kappa shape index (κ1) is 8.38. The van der Waals surface area contributed by atoms with Gasteiger partial charge in [0.15, 0.2) is 0 Å². The standard InChI is InChI=1S/C11H9N3O/c1-2-5-10-9(4-1)8-15-14(10)11-12-6-3-7-13-11/h1-7H,8H2. The van der Waals surface area contributed by atoms with E-state index in [1.54, 1.807) is 23.5 Å². The summed E-state index contributed by atoms with van der Waals surface area (Å²) in [6.07, 6.45) is 3.40. The zero-order valence-corrected chi connectivity index (χ0v) is 8.00. The summed E-state index contributed by atoms with van der Waals surface area (Å²) >= 11 is 0. The van der Waals surface area contributed by atoms with Crippen LogP contribution in [0, 0.1) is 0 Å². The minimum atomic E-state index is 0.572. The van der Waals surface area contributed by atoms with E-state index in [9.17, 15) is 0 Å². The van der Waals surface area contributed by atoms with Crippen molar-refractivity contribution in [2.75, 3.05) is 5.06 Å². The molecule has 0 spiro atoms. The van der Waals surface area contributed by atoms with Crippen LogP contribution in [-0.4, -0.2) is 9.97 Å². The van der Waals surface area contributed by atoms with Gasteiger partial charge in [0.1, 0.15) is 6.61 Å². The summed E-state index contributed by atoms with van der Waals surface area (Å²) < 4.78 is 0. The Balaban J connectivity index is 2.05. The first-order chi connectivity index (χ1) is 7.45. The molecule has 0 N–H and O–H groups in total. The van der Waals surface area contributed by atoms with Gasteiger partial charge in [0.25, 0.3) is 5.95 Å². The lowest BCUT2D eigenvalue weighted by Crippen LogP contribution is -2.13. The molecule has 1 aromatic heterocycles. The minimum Gasteiger partial charge on any atom is -0.261 e. The summed E-state index contributed by atoms with van der Waals surface area (Å²) in [6, 6.07) is 9.80. The first-order valence-electron chi connectivity index (χ1n) is 4.73. The van der Waals surface area contributed by atoms with E-state index in [1.165, 1.54) is 0 Å². The third-order valence-corrected chi connectivity index (χ3v) is 2.29. The van der Waals surface area contributed by atoms with Gasteiger partial charge in [-0.25, -0.2) is 9.97 Å². The largest absolute Gasteiger partial charge is 0.261 e. The van der Waals surface area contributed by atoms with E-state index in [-0.39, 0.29) is 0 Å². The van der Waals surface area contributed by atoms with Crippen LogP contribution in [0.15, 0.2) is 42.7 Å². The predicted molar refractivity (Wildman–Crippen MR) is 55.4 cm³/mol. The quantitative estimate of drug-likeness (QED) is 0.704. The summed E-state index contributed by atoms with van der Waals surface area (Å²) in [5, 5.41) is 1.66. The highest BCUT2D eigenvalue weighted by Gasteiger charge is 2.22. The highest BCUT2D eigenvalue weighted by Crippen LogP contribution is 2.32. The second-order valence-corrected chi connectivity index (χ2v) is 3.25. The molecule has 0 saturated heterocycles. The molecule has 0 unspecified atom stereocenters. The van der Waals surface area contributed by atoms with Crippen molar-refractivity contribution in [2.24, 2.45) is 0 Å². The van der Waals surface area contributed by atoms with Crippen LogP contribution >= 0.6 is 0 Å². The van der Waals surface area contributed by atoms with Crippen molar-refractivity contribution in [3.8, 4) is 0 Å². The Morgan fingerprint density at radius 3 is 2.73 bits per heavy atom. The van der Waals surface area contributed by atoms with E-state index >= 15 is 0 Å². The van der Waals surface area contributed by atoms with Gasteiger partial charge in [-0.05, 0) is 12.1 Å². The Hall–Kier alpha value is -1.94. The van der Waals surface area contributed by atoms with E-state index in [2.05, 4.69) is 9.97 Å². The second-order valence-electron chi connectivity index (χ2n) is 3.25. The Bertz CT molecular complexity index is 472. The van der Waals surface area contributed by atoms with E-state index < -0.39 is 0 Å². The lowest BCUT2D eigenvalue weighted by Gasteiger charge is -2.13. The molecule has 0 atom stereocenters. The summed E-state index contributed by atoms with van der Waals surface area (Å²) in [5.74, 6) is 0.572. The number of fused-ring (bicyclic) bond motifs is 1. The van der Waals surface area contributed by atoms with Crippen LogP contribution in [0.5, 0.6) is 0 Å². The number of para-hydroxylation sites is 1. The van der Waals surface area contributed by atoms with E-state index in [4.69, 9.17) is 4.84 Å². The van der Waals surface area contributed by atoms with E-state index in [0.29, 0.717) is 12.6 Å². The molecule has 0 amide bonds. The molecule has 4 heteroatoms. The molecule has 4 nitrogen and oxygen atoms in total. The molecule has 0 bridgehead atoms. The van der Waals surface area contributed by atoms with Crippen molar-refractivity contribution >= 4 is 11.6 Å². The molecule has 1 aliphatic rings. The number of hydrogen-bond donors (Lipinski definition) is 0. The molecule has 1 aliphatic heterocycles.